The van der Waals surface area contributed by atoms with Crippen molar-refractivity contribution in [1.29, 1.82) is 0 Å². The quantitative estimate of drug-likeness (QED) is 0.570. The highest BCUT2D eigenvalue weighted by molar-refractivity contribution is 6.30. The number of piperidine rings is 1. The number of carbonyl (C=O) groups is 1. The number of likely N-dealkylation sites (tertiary alicyclic amines) is 1. The zero-order chi connectivity index (χ0) is 21.8. The molecule has 162 valence electrons. The predicted molar refractivity (Wildman–Crippen MR) is 122 cm³/mol. The number of benzene rings is 2. The van der Waals surface area contributed by atoms with E-state index in [0.717, 1.165) is 36.5 Å². The normalized spacial score (nSPS) is 15.8. The Morgan fingerprint density at radius 2 is 1.74 bits per heavy atom. The van der Waals surface area contributed by atoms with E-state index in [1.165, 1.54) is 5.56 Å². The van der Waals surface area contributed by atoms with Crippen molar-refractivity contribution in [3.05, 3.63) is 65.2 Å². The molecule has 1 amide bonds. The van der Waals surface area contributed by atoms with E-state index < -0.39 is 6.04 Å². The summed E-state index contributed by atoms with van der Waals surface area (Å²) in [5.41, 5.74) is 2.13. The van der Waals surface area contributed by atoms with Gasteiger partial charge in [-0.25, -0.2) is 0 Å². The summed E-state index contributed by atoms with van der Waals surface area (Å²) in [5.74, 6) is 1.04. The third-order valence-electron chi connectivity index (χ3n) is 5.81. The second kappa shape index (κ2) is 9.52. The SMILES string of the molecule is CC(C)C(Nc1nnc(-c2ccccc2)o1)C(=O)N1CCC(c2ccc(Cl)cc2)CC1. The Morgan fingerprint density at radius 3 is 2.39 bits per heavy atom. The first-order chi connectivity index (χ1) is 15.0. The highest BCUT2D eigenvalue weighted by Gasteiger charge is 2.31. The Balaban J connectivity index is 1.39. The van der Waals surface area contributed by atoms with Crippen molar-refractivity contribution >= 4 is 23.5 Å². The lowest BCUT2D eigenvalue weighted by atomic mass is 9.89. The molecule has 7 heteroatoms. The fourth-order valence-corrected chi connectivity index (χ4v) is 4.12. The van der Waals surface area contributed by atoms with Crippen molar-refractivity contribution in [2.45, 2.75) is 38.6 Å². The Hall–Kier alpha value is -2.86. The van der Waals surface area contributed by atoms with Gasteiger partial charge < -0.3 is 14.6 Å². The van der Waals surface area contributed by atoms with Gasteiger partial charge in [0.05, 0.1) is 0 Å². The molecule has 1 aliphatic heterocycles. The van der Waals surface area contributed by atoms with Crippen LogP contribution in [-0.2, 0) is 4.79 Å². The van der Waals surface area contributed by atoms with Crippen LogP contribution in [0.3, 0.4) is 0 Å². The van der Waals surface area contributed by atoms with Gasteiger partial charge in [-0.1, -0.05) is 60.9 Å². The highest BCUT2D eigenvalue weighted by Crippen LogP contribution is 2.30. The van der Waals surface area contributed by atoms with E-state index in [-0.39, 0.29) is 17.8 Å². The van der Waals surface area contributed by atoms with Gasteiger partial charge in [0.2, 0.25) is 11.8 Å². The molecule has 1 saturated heterocycles. The lowest BCUT2D eigenvalue weighted by Crippen LogP contribution is -2.48. The molecule has 0 aliphatic carbocycles. The zero-order valence-corrected chi connectivity index (χ0v) is 18.5. The number of halogens is 1. The summed E-state index contributed by atoms with van der Waals surface area (Å²) in [7, 11) is 0. The van der Waals surface area contributed by atoms with Crippen molar-refractivity contribution in [1.82, 2.24) is 15.1 Å². The molecule has 2 heterocycles. The maximum atomic E-state index is 13.3. The maximum Gasteiger partial charge on any atom is 0.316 e. The van der Waals surface area contributed by atoms with E-state index >= 15 is 0 Å². The number of hydrogen-bond donors (Lipinski definition) is 1. The van der Waals surface area contributed by atoms with Crippen LogP contribution in [0.1, 0.15) is 38.2 Å². The maximum absolute atomic E-state index is 13.3. The Morgan fingerprint density at radius 1 is 1.06 bits per heavy atom. The Kier molecular flexibility index (Phi) is 6.56. The average molecular weight is 439 g/mol. The van der Waals surface area contributed by atoms with E-state index in [4.69, 9.17) is 16.0 Å². The number of nitrogens with zero attached hydrogens (tertiary/aromatic N) is 3. The molecule has 1 aliphatic rings. The van der Waals surface area contributed by atoms with Crippen LogP contribution >= 0.6 is 11.6 Å². The van der Waals surface area contributed by atoms with E-state index in [2.05, 4.69) is 27.6 Å². The molecule has 6 nitrogen and oxygen atoms in total. The molecular weight excluding hydrogens is 412 g/mol. The summed E-state index contributed by atoms with van der Waals surface area (Å²) in [6.07, 6.45) is 1.88. The van der Waals surface area contributed by atoms with Crippen molar-refractivity contribution in [3.63, 3.8) is 0 Å². The predicted octanol–water partition coefficient (Wildman–Crippen LogP) is 5.23. The second-order valence-corrected chi connectivity index (χ2v) is 8.73. The molecule has 1 fully saturated rings. The van der Waals surface area contributed by atoms with Crippen LogP contribution in [0, 0.1) is 5.92 Å². The van der Waals surface area contributed by atoms with Crippen molar-refractivity contribution in [2.75, 3.05) is 18.4 Å². The topological polar surface area (TPSA) is 71.3 Å². The lowest BCUT2D eigenvalue weighted by Gasteiger charge is -2.35. The smallest absolute Gasteiger partial charge is 0.316 e. The van der Waals surface area contributed by atoms with Gasteiger partial charge in [0, 0.05) is 23.7 Å². The summed E-state index contributed by atoms with van der Waals surface area (Å²) in [6.45, 7) is 5.50. The van der Waals surface area contributed by atoms with Crippen LogP contribution in [0.4, 0.5) is 6.01 Å². The van der Waals surface area contributed by atoms with E-state index in [9.17, 15) is 4.79 Å². The van der Waals surface area contributed by atoms with Gasteiger partial charge >= 0.3 is 6.01 Å². The van der Waals surface area contributed by atoms with E-state index in [1.54, 1.807) is 0 Å². The van der Waals surface area contributed by atoms with Crippen LogP contribution in [0.15, 0.2) is 59.0 Å². The van der Waals surface area contributed by atoms with Crippen molar-refractivity contribution in [2.24, 2.45) is 5.92 Å². The minimum absolute atomic E-state index is 0.0732. The minimum Gasteiger partial charge on any atom is -0.403 e. The first kappa shape index (κ1) is 21.4. The third-order valence-corrected chi connectivity index (χ3v) is 6.06. The molecule has 0 spiro atoms. The van der Waals surface area contributed by atoms with Crippen LogP contribution in [0.25, 0.3) is 11.5 Å². The molecule has 0 radical (unpaired) electrons. The molecule has 4 rings (SSSR count). The van der Waals surface area contributed by atoms with E-state index in [0.29, 0.717) is 11.8 Å². The number of hydrogen-bond acceptors (Lipinski definition) is 5. The van der Waals surface area contributed by atoms with Crippen molar-refractivity contribution in [3.8, 4) is 11.5 Å². The fraction of sp³-hybridized carbons (Fsp3) is 0.375. The molecule has 2 aromatic carbocycles. The van der Waals surface area contributed by atoms with Gasteiger partial charge in [-0.05, 0) is 54.5 Å². The van der Waals surface area contributed by atoms with Crippen LogP contribution in [-0.4, -0.2) is 40.1 Å². The molecule has 0 bridgehead atoms. The largest absolute Gasteiger partial charge is 0.403 e. The first-order valence-corrected chi connectivity index (χ1v) is 11.1. The molecule has 0 saturated carbocycles. The fourth-order valence-electron chi connectivity index (χ4n) is 3.99. The van der Waals surface area contributed by atoms with Gasteiger partial charge in [-0.3, -0.25) is 4.79 Å². The second-order valence-electron chi connectivity index (χ2n) is 8.30. The molecular formula is C24H27ClN4O2. The van der Waals surface area contributed by atoms with Gasteiger partial charge in [0.15, 0.2) is 0 Å². The Bertz CT molecular complexity index is 996. The van der Waals surface area contributed by atoms with Gasteiger partial charge in [-0.2, -0.15) is 0 Å². The summed E-state index contributed by atoms with van der Waals surface area (Å²) in [5, 5.41) is 12.1. The number of anilines is 1. The summed E-state index contributed by atoms with van der Waals surface area (Å²) in [4.78, 5) is 15.2. The minimum atomic E-state index is -0.420. The lowest BCUT2D eigenvalue weighted by molar-refractivity contribution is -0.134. The van der Waals surface area contributed by atoms with Crippen LogP contribution in [0.2, 0.25) is 5.02 Å². The third kappa shape index (κ3) is 5.07. The molecule has 1 atom stereocenters. The summed E-state index contributed by atoms with van der Waals surface area (Å²) < 4.78 is 5.76. The molecule has 3 aromatic rings. The number of rotatable bonds is 6. The van der Waals surface area contributed by atoms with Gasteiger partial charge in [0.25, 0.3) is 0 Å². The molecule has 1 unspecified atom stereocenters. The number of carbonyl (C=O) groups excluding carboxylic acids is 1. The summed E-state index contributed by atoms with van der Waals surface area (Å²) >= 11 is 6.01. The monoisotopic (exact) mass is 438 g/mol. The van der Waals surface area contributed by atoms with Gasteiger partial charge in [0.1, 0.15) is 6.04 Å². The van der Waals surface area contributed by atoms with Crippen molar-refractivity contribution < 1.29 is 9.21 Å². The van der Waals surface area contributed by atoms with Gasteiger partial charge in [-0.15, -0.1) is 5.10 Å². The standard InChI is InChI=1S/C24H27ClN4O2/c1-16(2)21(26-24-28-27-22(31-24)19-6-4-3-5-7-19)23(30)29-14-12-18(13-15-29)17-8-10-20(25)11-9-17/h3-11,16,18,21H,12-15H2,1-2H3,(H,26,28). The highest BCUT2D eigenvalue weighted by atomic mass is 35.5. The zero-order valence-electron chi connectivity index (χ0n) is 17.8. The number of aromatic nitrogens is 2. The van der Waals surface area contributed by atoms with Crippen LogP contribution in [0.5, 0.6) is 0 Å². The molecule has 1 N–H and O–H groups in total. The van der Waals surface area contributed by atoms with Crippen LogP contribution < -0.4 is 5.32 Å². The average Bonchev–Trinajstić information content (AvgIpc) is 3.27. The number of amides is 1. The molecule has 31 heavy (non-hydrogen) atoms. The molecule has 1 aromatic heterocycles. The number of nitrogens with one attached hydrogen (secondary N) is 1. The Labute approximate surface area is 187 Å². The first-order valence-electron chi connectivity index (χ1n) is 10.7. The summed E-state index contributed by atoms with van der Waals surface area (Å²) in [6, 6.07) is 17.5. The van der Waals surface area contributed by atoms with E-state index in [1.807, 2.05) is 61.2 Å².